The molecule has 1 amide bonds. The molecule has 26 heavy (non-hydrogen) atoms. The fourth-order valence-electron chi connectivity index (χ4n) is 2.28. The molecule has 0 unspecified atom stereocenters. The number of benzene rings is 1. The molecule has 1 aromatic carbocycles. The van der Waals surface area contributed by atoms with Crippen LogP contribution in [-0.4, -0.2) is 30.6 Å². The Morgan fingerprint density at radius 1 is 1.19 bits per heavy atom. The van der Waals surface area contributed by atoms with Gasteiger partial charge in [-0.2, -0.15) is 0 Å². The van der Waals surface area contributed by atoms with Crippen molar-refractivity contribution in [1.82, 2.24) is 5.32 Å². The average Bonchev–Trinajstić information content (AvgIpc) is 2.40. The van der Waals surface area contributed by atoms with Crippen LogP contribution in [0.1, 0.15) is 41.0 Å². The van der Waals surface area contributed by atoms with Gasteiger partial charge in [0.25, 0.3) is 0 Å². The van der Waals surface area contributed by atoms with Gasteiger partial charge in [0.1, 0.15) is 11.4 Å². The number of carbonyl (C=O) groups is 1. The molecule has 1 rings (SSSR count). The lowest BCUT2D eigenvalue weighted by Crippen LogP contribution is -2.43. The third-order valence-electron chi connectivity index (χ3n) is 3.10. The lowest BCUT2D eigenvalue weighted by molar-refractivity contribution is -0.274. The van der Waals surface area contributed by atoms with Gasteiger partial charge in [-0.1, -0.05) is 19.9 Å². The Kier molecular flexibility index (Phi) is 7.59. The van der Waals surface area contributed by atoms with Gasteiger partial charge in [-0.25, -0.2) is 4.79 Å². The molecular formula is C18H27F3N2O3. The topological polar surface area (TPSA) is 59.6 Å². The number of nitrogens with one attached hydrogen (secondary N) is 2. The van der Waals surface area contributed by atoms with Crippen LogP contribution in [0.25, 0.3) is 0 Å². The second-order valence-electron chi connectivity index (χ2n) is 7.43. The van der Waals surface area contributed by atoms with Crippen molar-refractivity contribution in [1.29, 1.82) is 0 Å². The Morgan fingerprint density at radius 2 is 1.85 bits per heavy atom. The number of hydrogen-bond acceptors (Lipinski definition) is 4. The molecule has 0 aliphatic rings. The van der Waals surface area contributed by atoms with Crippen LogP contribution >= 0.6 is 0 Å². The van der Waals surface area contributed by atoms with Gasteiger partial charge < -0.3 is 20.1 Å². The minimum Gasteiger partial charge on any atom is -0.444 e. The Morgan fingerprint density at radius 3 is 2.38 bits per heavy atom. The van der Waals surface area contributed by atoms with Crippen LogP contribution in [0, 0.1) is 5.92 Å². The zero-order valence-electron chi connectivity index (χ0n) is 15.7. The first kappa shape index (κ1) is 21.9. The van der Waals surface area contributed by atoms with E-state index in [-0.39, 0.29) is 11.8 Å². The van der Waals surface area contributed by atoms with E-state index < -0.39 is 18.1 Å². The molecule has 1 aromatic rings. The summed E-state index contributed by atoms with van der Waals surface area (Å²) in [5.74, 6) is 0.0136. The summed E-state index contributed by atoms with van der Waals surface area (Å²) in [5, 5.41) is 5.82. The van der Waals surface area contributed by atoms with Crippen molar-refractivity contribution in [2.75, 3.05) is 11.9 Å². The lowest BCUT2D eigenvalue weighted by atomic mass is 10.0. The molecule has 5 nitrogen and oxygen atoms in total. The number of alkyl carbamates (subject to hydrolysis) is 1. The third-order valence-corrected chi connectivity index (χ3v) is 3.10. The van der Waals surface area contributed by atoms with E-state index in [0.29, 0.717) is 24.6 Å². The van der Waals surface area contributed by atoms with Crippen LogP contribution in [0.5, 0.6) is 5.75 Å². The highest BCUT2D eigenvalue weighted by Gasteiger charge is 2.31. The third kappa shape index (κ3) is 10.0. The van der Waals surface area contributed by atoms with E-state index in [1.165, 1.54) is 18.2 Å². The number of hydrogen-bond donors (Lipinski definition) is 2. The second kappa shape index (κ2) is 9.00. The Balaban J connectivity index is 2.69. The van der Waals surface area contributed by atoms with Crippen LogP contribution in [0.3, 0.4) is 0 Å². The van der Waals surface area contributed by atoms with Crippen molar-refractivity contribution in [2.45, 2.75) is 59.0 Å². The van der Waals surface area contributed by atoms with Crippen molar-refractivity contribution < 1.29 is 27.4 Å². The van der Waals surface area contributed by atoms with Crippen molar-refractivity contribution in [3.8, 4) is 5.75 Å². The number of anilines is 1. The summed E-state index contributed by atoms with van der Waals surface area (Å²) in [6.45, 7) is 9.69. The van der Waals surface area contributed by atoms with Gasteiger partial charge in [-0.3, -0.25) is 0 Å². The largest absolute Gasteiger partial charge is 0.573 e. The van der Waals surface area contributed by atoms with Crippen molar-refractivity contribution in [3.63, 3.8) is 0 Å². The van der Waals surface area contributed by atoms with Gasteiger partial charge in [0.2, 0.25) is 0 Å². The minimum atomic E-state index is -4.74. The number of rotatable bonds is 7. The molecule has 0 aromatic heterocycles. The summed E-state index contributed by atoms with van der Waals surface area (Å²) in [6.07, 6.45) is -4.58. The van der Waals surface area contributed by atoms with Gasteiger partial charge in [-0.05, 0) is 45.2 Å². The molecule has 0 fully saturated rings. The van der Waals surface area contributed by atoms with Gasteiger partial charge in [0, 0.05) is 24.3 Å². The van der Waals surface area contributed by atoms with Crippen molar-refractivity contribution in [2.24, 2.45) is 5.92 Å². The maximum Gasteiger partial charge on any atom is 0.573 e. The lowest BCUT2D eigenvalue weighted by Gasteiger charge is -2.25. The maximum absolute atomic E-state index is 12.3. The number of alkyl halides is 3. The van der Waals surface area contributed by atoms with Gasteiger partial charge in [0.15, 0.2) is 0 Å². The predicted octanol–water partition coefficient (Wildman–Crippen LogP) is 4.94. The van der Waals surface area contributed by atoms with Gasteiger partial charge in [-0.15, -0.1) is 13.2 Å². The van der Waals surface area contributed by atoms with Gasteiger partial charge >= 0.3 is 12.5 Å². The summed E-state index contributed by atoms with van der Waals surface area (Å²) < 4.78 is 46.1. The smallest absolute Gasteiger partial charge is 0.444 e. The molecule has 2 N–H and O–H groups in total. The quantitative estimate of drug-likeness (QED) is 0.708. The molecule has 1 atom stereocenters. The fraction of sp³-hybridized carbons (Fsp3) is 0.611. The van der Waals surface area contributed by atoms with Gasteiger partial charge in [0.05, 0.1) is 0 Å². The average molecular weight is 376 g/mol. The van der Waals surface area contributed by atoms with Crippen LogP contribution in [-0.2, 0) is 4.74 Å². The monoisotopic (exact) mass is 376 g/mol. The molecule has 148 valence electrons. The Bertz CT molecular complexity index is 584. The Hall–Kier alpha value is -2.12. The zero-order chi connectivity index (χ0) is 20.0. The first-order valence-electron chi connectivity index (χ1n) is 8.43. The van der Waals surface area contributed by atoms with E-state index in [9.17, 15) is 18.0 Å². The summed E-state index contributed by atoms with van der Waals surface area (Å²) >= 11 is 0. The normalized spacial score (nSPS) is 13.3. The molecule has 0 aliphatic carbocycles. The molecule has 0 bridgehead atoms. The molecule has 0 saturated carbocycles. The first-order valence-corrected chi connectivity index (χ1v) is 8.43. The summed E-state index contributed by atoms with van der Waals surface area (Å²) in [5.41, 5.74) is -0.144. The maximum atomic E-state index is 12.3. The van der Waals surface area contributed by atoms with E-state index in [1.807, 2.05) is 13.8 Å². The molecule has 0 saturated heterocycles. The minimum absolute atomic E-state index is 0.239. The predicted molar refractivity (Wildman–Crippen MR) is 94.2 cm³/mol. The Labute approximate surface area is 152 Å². The van der Waals surface area contributed by atoms with Crippen molar-refractivity contribution in [3.05, 3.63) is 24.3 Å². The van der Waals surface area contributed by atoms with E-state index >= 15 is 0 Å². The highest BCUT2D eigenvalue weighted by Crippen LogP contribution is 2.25. The molecule has 0 spiro atoms. The highest BCUT2D eigenvalue weighted by atomic mass is 19.4. The fourth-order valence-corrected chi connectivity index (χ4v) is 2.28. The second-order valence-corrected chi connectivity index (χ2v) is 7.43. The first-order chi connectivity index (χ1) is 11.8. The van der Waals surface area contributed by atoms with Crippen molar-refractivity contribution >= 4 is 11.8 Å². The number of halogens is 3. The SMILES string of the molecule is CC(C)C[C@@H](CNc1cccc(OC(F)(F)F)c1)NC(=O)OC(C)(C)C. The van der Waals surface area contributed by atoms with Crippen LogP contribution in [0.2, 0.25) is 0 Å². The summed E-state index contributed by atoms with van der Waals surface area (Å²) in [7, 11) is 0. The number of ether oxygens (including phenoxy) is 2. The summed E-state index contributed by atoms with van der Waals surface area (Å²) in [6, 6.07) is 5.33. The van der Waals surface area contributed by atoms with E-state index in [4.69, 9.17) is 4.74 Å². The standard InChI is InChI=1S/C18H27F3N2O3/c1-12(2)9-14(23-16(24)26-17(3,4)5)11-22-13-7-6-8-15(10-13)25-18(19,20)21/h6-8,10,12,14,22H,9,11H2,1-5H3,(H,23,24)/t14-/m0/s1. The van der Waals surface area contributed by atoms with E-state index in [0.717, 1.165) is 0 Å². The highest BCUT2D eigenvalue weighted by molar-refractivity contribution is 5.68. The van der Waals surface area contributed by atoms with Crippen LogP contribution in [0.4, 0.5) is 23.7 Å². The zero-order valence-corrected chi connectivity index (χ0v) is 15.7. The molecule has 0 heterocycles. The van der Waals surface area contributed by atoms with E-state index in [1.54, 1.807) is 26.8 Å². The summed E-state index contributed by atoms with van der Waals surface area (Å²) in [4.78, 5) is 12.0. The molecular weight excluding hydrogens is 349 g/mol. The number of amides is 1. The van der Waals surface area contributed by atoms with Crippen LogP contribution in [0.15, 0.2) is 24.3 Å². The van der Waals surface area contributed by atoms with E-state index in [2.05, 4.69) is 15.4 Å². The van der Waals surface area contributed by atoms with Crippen LogP contribution < -0.4 is 15.4 Å². The molecule has 0 radical (unpaired) electrons. The number of carbonyl (C=O) groups excluding carboxylic acids is 1. The molecule has 8 heteroatoms. The molecule has 0 aliphatic heterocycles.